The number of nitrogens with zero attached hydrogens (tertiary/aromatic N) is 2. The van der Waals surface area contributed by atoms with Gasteiger partial charge < -0.3 is 13.9 Å². The molecule has 0 aliphatic rings. The molecule has 25 heavy (non-hydrogen) atoms. The summed E-state index contributed by atoms with van der Waals surface area (Å²) < 4.78 is 15.9. The second kappa shape index (κ2) is 7.00. The summed E-state index contributed by atoms with van der Waals surface area (Å²) in [7, 11) is 1.24. The van der Waals surface area contributed by atoms with E-state index in [2.05, 4.69) is 9.72 Å². The Morgan fingerprint density at radius 2 is 2.00 bits per heavy atom. The number of methoxy groups -OCH3 is 1. The molecule has 128 valence electrons. The molecule has 8 nitrogen and oxygen atoms in total. The molecular formula is C17H14N2O6. The summed E-state index contributed by atoms with van der Waals surface area (Å²) in [6.45, 7) is -0.438. The minimum atomic E-state index is -0.629. The molecule has 0 bridgehead atoms. The van der Waals surface area contributed by atoms with Gasteiger partial charge in [0.2, 0.25) is 5.76 Å². The van der Waals surface area contributed by atoms with Gasteiger partial charge in [-0.3, -0.25) is 14.2 Å². The van der Waals surface area contributed by atoms with E-state index in [9.17, 15) is 14.4 Å². The van der Waals surface area contributed by atoms with Crippen LogP contribution in [0.15, 0.2) is 51.9 Å². The van der Waals surface area contributed by atoms with Crippen molar-refractivity contribution in [2.45, 2.75) is 13.2 Å². The molecule has 0 fully saturated rings. The molecule has 3 aromatic rings. The summed E-state index contributed by atoms with van der Waals surface area (Å²) in [6.07, 6.45) is 1.30. The monoisotopic (exact) mass is 342 g/mol. The molecule has 1 aromatic carbocycles. The van der Waals surface area contributed by atoms with Crippen LogP contribution in [0.3, 0.4) is 0 Å². The van der Waals surface area contributed by atoms with Crippen LogP contribution in [0.1, 0.15) is 16.3 Å². The van der Waals surface area contributed by atoms with Crippen molar-refractivity contribution in [1.29, 1.82) is 0 Å². The normalized spacial score (nSPS) is 10.6. The number of carbonyl (C=O) groups excluding carboxylic acids is 2. The Balaban J connectivity index is 1.65. The van der Waals surface area contributed by atoms with Crippen LogP contribution in [0, 0.1) is 0 Å². The fourth-order valence-electron chi connectivity index (χ4n) is 2.22. The van der Waals surface area contributed by atoms with Crippen LogP contribution in [0.4, 0.5) is 0 Å². The number of fused-ring (bicyclic) bond motifs is 1. The maximum Gasteiger partial charge on any atom is 0.373 e. The van der Waals surface area contributed by atoms with E-state index >= 15 is 0 Å². The molecule has 2 heterocycles. The molecule has 0 saturated carbocycles. The first kappa shape index (κ1) is 16.4. The number of rotatable bonds is 5. The summed E-state index contributed by atoms with van der Waals surface area (Å²) in [4.78, 5) is 39.6. The van der Waals surface area contributed by atoms with Crippen molar-refractivity contribution in [2.24, 2.45) is 0 Å². The predicted molar refractivity (Wildman–Crippen MR) is 85.8 cm³/mol. The molecule has 8 heteroatoms. The first-order valence-corrected chi connectivity index (χ1v) is 7.35. The molecule has 0 aliphatic heterocycles. The smallest absolute Gasteiger partial charge is 0.373 e. The highest BCUT2D eigenvalue weighted by molar-refractivity contribution is 5.86. The number of aromatic nitrogens is 2. The number of para-hydroxylation sites is 1. The minimum absolute atomic E-state index is 0.0171. The molecule has 0 radical (unpaired) electrons. The molecule has 0 spiro atoms. The fourth-order valence-corrected chi connectivity index (χ4v) is 2.22. The van der Waals surface area contributed by atoms with E-state index in [1.54, 1.807) is 24.3 Å². The van der Waals surface area contributed by atoms with E-state index in [0.717, 1.165) is 0 Å². The summed E-state index contributed by atoms with van der Waals surface area (Å²) >= 11 is 0. The first-order valence-electron chi connectivity index (χ1n) is 7.35. The molecule has 0 N–H and O–H groups in total. The maximum atomic E-state index is 12.3. The minimum Gasteiger partial charge on any atom is -0.463 e. The van der Waals surface area contributed by atoms with Crippen LogP contribution < -0.4 is 5.56 Å². The van der Waals surface area contributed by atoms with E-state index in [1.165, 1.54) is 30.1 Å². The molecule has 0 saturated heterocycles. The van der Waals surface area contributed by atoms with Gasteiger partial charge in [0.1, 0.15) is 18.9 Å². The van der Waals surface area contributed by atoms with Gasteiger partial charge in [0.25, 0.3) is 5.56 Å². The number of furan rings is 1. The van der Waals surface area contributed by atoms with E-state index in [1.807, 2.05) is 0 Å². The Labute approximate surface area is 141 Å². The number of carbonyl (C=O) groups is 2. The quantitative estimate of drug-likeness (QED) is 0.648. The highest BCUT2D eigenvalue weighted by Crippen LogP contribution is 2.10. The Bertz CT molecular complexity index is 988. The zero-order valence-electron chi connectivity index (χ0n) is 13.3. The van der Waals surface area contributed by atoms with Gasteiger partial charge in [-0.05, 0) is 24.3 Å². The topological polar surface area (TPSA) is 101 Å². The SMILES string of the molecule is COC(=O)c1ccc(COC(=O)Cn2cnc3ccccc3c2=O)o1. The molecule has 2 aromatic heterocycles. The summed E-state index contributed by atoms with van der Waals surface area (Å²) in [5.41, 5.74) is 0.233. The van der Waals surface area contributed by atoms with Gasteiger partial charge in [-0.1, -0.05) is 12.1 Å². The Hall–Kier alpha value is -3.42. The van der Waals surface area contributed by atoms with Crippen LogP contribution in [0.2, 0.25) is 0 Å². The van der Waals surface area contributed by atoms with E-state index in [-0.39, 0.29) is 30.2 Å². The lowest BCUT2D eigenvalue weighted by Gasteiger charge is -2.06. The maximum absolute atomic E-state index is 12.3. The van der Waals surface area contributed by atoms with Crippen LogP contribution >= 0.6 is 0 Å². The number of benzene rings is 1. The Morgan fingerprint density at radius 1 is 1.20 bits per heavy atom. The Kier molecular flexibility index (Phi) is 4.60. The van der Waals surface area contributed by atoms with Crippen molar-refractivity contribution in [3.05, 3.63) is 64.6 Å². The third-order valence-electron chi connectivity index (χ3n) is 3.45. The lowest BCUT2D eigenvalue weighted by Crippen LogP contribution is -2.25. The van der Waals surface area contributed by atoms with Gasteiger partial charge in [-0.25, -0.2) is 9.78 Å². The van der Waals surface area contributed by atoms with Crippen molar-refractivity contribution in [3.8, 4) is 0 Å². The Morgan fingerprint density at radius 3 is 2.80 bits per heavy atom. The van der Waals surface area contributed by atoms with Crippen LogP contribution in [-0.2, 0) is 27.4 Å². The van der Waals surface area contributed by atoms with E-state index in [0.29, 0.717) is 10.9 Å². The van der Waals surface area contributed by atoms with Crippen molar-refractivity contribution >= 4 is 22.8 Å². The largest absolute Gasteiger partial charge is 0.463 e. The summed E-state index contributed by atoms with van der Waals surface area (Å²) in [6, 6.07) is 9.79. The van der Waals surface area contributed by atoms with E-state index in [4.69, 9.17) is 9.15 Å². The van der Waals surface area contributed by atoms with Crippen LogP contribution in [0.25, 0.3) is 10.9 Å². The highest BCUT2D eigenvalue weighted by atomic mass is 16.6. The predicted octanol–water partition coefficient (Wildman–Crippen LogP) is 1.52. The first-order chi connectivity index (χ1) is 12.1. The highest BCUT2D eigenvalue weighted by Gasteiger charge is 2.13. The van der Waals surface area contributed by atoms with Gasteiger partial charge in [0, 0.05) is 0 Å². The third-order valence-corrected chi connectivity index (χ3v) is 3.45. The fraction of sp³-hybridized carbons (Fsp3) is 0.176. The van der Waals surface area contributed by atoms with Gasteiger partial charge in [-0.2, -0.15) is 0 Å². The summed E-state index contributed by atoms with van der Waals surface area (Å²) in [5, 5.41) is 0.423. The number of hydrogen-bond donors (Lipinski definition) is 0. The van der Waals surface area contributed by atoms with Crippen molar-refractivity contribution in [2.75, 3.05) is 7.11 Å². The number of ether oxygens (including phenoxy) is 2. The number of hydrogen-bond acceptors (Lipinski definition) is 7. The molecule has 3 rings (SSSR count). The van der Waals surface area contributed by atoms with Gasteiger partial charge in [0.15, 0.2) is 0 Å². The average Bonchev–Trinajstić information content (AvgIpc) is 3.11. The van der Waals surface area contributed by atoms with Crippen LogP contribution in [-0.4, -0.2) is 28.6 Å². The average molecular weight is 342 g/mol. The third kappa shape index (κ3) is 3.57. The molecule has 0 unspecified atom stereocenters. The van der Waals surface area contributed by atoms with Crippen LogP contribution in [0.5, 0.6) is 0 Å². The molecular weight excluding hydrogens is 328 g/mol. The molecule has 0 amide bonds. The standard InChI is InChI=1S/C17H14N2O6/c1-23-17(22)14-7-6-11(25-14)9-24-15(20)8-19-10-18-13-5-3-2-4-12(13)16(19)21/h2-7,10H,8-9H2,1H3. The molecule has 0 atom stereocenters. The molecule has 0 aliphatic carbocycles. The lowest BCUT2D eigenvalue weighted by atomic mass is 10.2. The van der Waals surface area contributed by atoms with Crippen molar-refractivity contribution in [3.63, 3.8) is 0 Å². The van der Waals surface area contributed by atoms with E-state index < -0.39 is 11.9 Å². The zero-order chi connectivity index (χ0) is 17.8. The number of esters is 2. The zero-order valence-corrected chi connectivity index (χ0v) is 13.3. The lowest BCUT2D eigenvalue weighted by molar-refractivity contribution is -0.146. The van der Waals surface area contributed by atoms with Crippen molar-refractivity contribution in [1.82, 2.24) is 9.55 Å². The summed E-state index contributed by atoms with van der Waals surface area (Å²) in [5.74, 6) is -0.942. The second-order valence-electron chi connectivity index (χ2n) is 5.11. The van der Waals surface area contributed by atoms with Gasteiger partial charge in [0.05, 0.1) is 24.3 Å². The second-order valence-corrected chi connectivity index (χ2v) is 5.11. The van der Waals surface area contributed by atoms with Gasteiger partial charge in [-0.15, -0.1) is 0 Å². The van der Waals surface area contributed by atoms with Crippen molar-refractivity contribution < 1.29 is 23.5 Å². The van der Waals surface area contributed by atoms with Gasteiger partial charge >= 0.3 is 11.9 Å².